The Morgan fingerprint density at radius 2 is 1.87 bits per heavy atom. The topological polar surface area (TPSA) is 124 Å². The zero-order chi connectivity index (χ0) is 27.8. The normalized spacial score (nSPS) is 20.1. The van der Waals surface area contributed by atoms with Gasteiger partial charge >= 0.3 is 0 Å². The maximum Gasteiger partial charge on any atom is 0.256 e. The van der Waals surface area contributed by atoms with Crippen LogP contribution in [0.2, 0.25) is 0 Å². The highest BCUT2D eigenvalue weighted by atomic mass is 16.2. The van der Waals surface area contributed by atoms with E-state index in [1.54, 1.807) is 18.7 Å². The first-order chi connectivity index (χ1) is 18.6. The summed E-state index contributed by atoms with van der Waals surface area (Å²) in [6, 6.07) is 16.9. The van der Waals surface area contributed by atoms with Crippen LogP contribution in [0.25, 0.3) is 10.9 Å². The molecule has 1 unspecified atom stereocenters. The minimum absolute atomic E-state index is 0.0818. The predicted molar refractivity (Wildman–Crippen MR) is 151 cm³/mol. The molecule has 1 fully saturated rings. The lowest BCUT2D eigenvalue weighted by atomic mass is 9.73. The van der Waals surface area contributed by atoms with Crippen molar-refractivity contribution >= 4 is 34.3 Å². The van der Waals surface area contributed by atoms with Crippen molar-refractivity contribution in [3.8, 4) is 0 Å². The third-order valence-electron chi connectivity index (χ3n) is 7.76. The molecular weight excluding hydrogens is 492 g/mol. The molecule has 2 atom stereocenters. The van der Waals surface area contributed by atoms with Gasteiger partial charge in [0.2, 0.25) is 11.8 Å². The molecule has 0 radical (unpaired) electrons. The Labute approximate surface area is 228 Å². The van der Waals surface area contributed by atoms with Gasteiger partial charge in [0.1, 0.15) is 11.5 Å². The number of benzene rings is 2. The minimum Gasteiger partial charge on any atom is -0.361 e. The van der Waals surface area contributed by atoms with Gasteiger partial charge < -0.3 is 20.9 Å². The Morgan fingerprint density at radius 3 is 2.59 bits per heavy atom. The number of aromatic nitrogens is 1. The number of piperidine rings is 1. The van der Waals surface area contributed by atoms with Gasteiger partial charge in [-0.1, -0.05) is 48.5 Å². The van der Waals surface area contributed by atoms with Crippen LogP contribution in [0.5, 0.6) is 0 Å². The molecule has 2 aromatic carbocycles. The van der Waals surface area contributed by atoms with Crippen molar-refractivity contribution < 1.29 is 14.4 Å². The summed E-state index contributed by atoms with van der Waals surface area (Å²) in [6.45, 7) is 6.24. The van der Waals surface area contributed by atoms with E-state index in [2.05, 4.69) is 15.4 Å². The number of nitrogens with two attached hydrogens (primary N) is 1. The van der Waals surface area contributed by atoms with E-state index in [4.69, 9.17) is 5.73 Å². The second-order valence-corrected chi connectivity index (χ2v) is 11.1. The molecule has 2 aliphatic rings. The summed E-state index contributed by atoms with van der Waals surface area (Å²) in [5.74, 6) is -0.721. The molecule has 3 heterocycles. The number of hydrogen-bond acceptors (Lipinski definition) is 5. The van der Waals surface area contributed by atoms with Crippen LogP contribution in [-0.4, -0.2) is 69.5 Å². The summed E-state index contributed by atoms with van der Waals surface area (Å²) >= 11 is 0. The van der Waals surface area contributed by atoms with E-state index >= 15 is 0 Å². The third-order valence-corrected chi connectivity index (χ3v) is 7.76. The summed E-state index contributed by atoms with van der Waals surface area (Å²) < 4.78 is 0. The lowest BCUT2D eigenvalue weighted by Gasteiger charge is -2.41. The summed E-state index contributed by atoms with van der Waals surface area (Å²) in [5.41, 5.74) is 7.73. The molecule has 0 spiro atoms. The molecule has 5 rings (SSSR count). The second-order valence-electron chi connectivity index (χ2n) is 11.1. The average Bonchev–Trinajstić information content (AvgIpc) is 3.45. The summed E-state index contributed by atoms with van der Waals surface area (Å²) in [7, 11) is 0. The van der Waals surface area contributed by atoms with E-state index in [9.17, 15) is 14.4 Å². The van der Waals surface area contributed by atoms with Gasteiger partial charge in [-0.2, -0.15) is 5.10 Å². The van der Waals surface area contributed by atoms with Crippen molar-refractivity contribution in [3.05, 3.63) is 71.9 Å². The maximum atomic E-state index is 14.2. The number of carbonyl (C=O) groups excluding carboxylic acids is 3. The van der Waals surface area contributed by atoms with Crippen LogP contribution >= 0.6 is 0 Å². The highest BCUT2D eigenvalue weighted by Gasteiger charge is 2.54. The van der Waals surface area contributed by atoms with E-state index in [0.717, 1.165) is 27.7 Å². The van der Waals surface area contributed by atoms with Crippen LogP contribution in [0.4, 0.5) is 0 Å². The van der Waals surface area contributed by atoms with Crippen molar-refractivity contribution in [2.45, 2.75) is 51.6 Å². The van der Waals surface area contributed by atoms with Crippen molar-refractivity contribution in [1.82, 2.24) is 20.2 Å². The van der Waals surface area contributed by atoms with Crippen LogP contribution in [0.3, 0.4) is 0 Å². The monoisotopic (exact) mass is 528 g/mol. The van der Waals surface area contributed by atoms with Crippen molar-refractivity contribution in [3.63, 3.8) is 0 Å². The van der Waals surface area contributed by atoms with Gasteiger partial charge in [0.15, 0.2) is 0 Å². The molecule has 0 aliphatic carbocycles. The zero-order valence-electron chi connectivity index (χ0n) is 22.7. The number of aromatic amines is 1. The Hall–Kier alpha value is -3.98. The van der Waals surface area contributed by atoms with Gasteiger partial charge in [-0.15, -0.1) is 0 Å². The van der Waals surface area contributed by atoms with Gasteiger partial charge in [-0.25, -0.2) is 5.01 Å². The molecule has 1 aromatic heterocycles. The number of rotatable bonds is 8. The first-order valence-electron chi connectivity index (χ1n) is 13.5. The fourth-order valence-electron chi connectivity index (χ4n) is 5.62. The lowest BCUT2D eigenvalue weighted by molar-refractivity contribution is -0.143. The van der Waals surface area contributed by atoms with Crippen LogP contribution in [0.1, 0.15) is 38.3 Å². The van der Waals surface area contributed by atoms with E-state index in [1.807, 2.05) is 67.7 Å². The quantitative estimate of drug-likeness (QED) is 0.416. The molecule has 204 valence electrons. The number of fused-ring (bicyclic) bond motifs is 2. The second kappa shape index (κ2) is 10.3. The van der Waals surface area contributed by atoms with Gasteiger partial charge in [-0.3, -0.25) is 14.4 Å². The molecule has 39 heavy (non-hydrogen) atoms. The number of carbonyl (C=O) groups is 3. The molecule has 9 heteroatoms. The van der Waals surface area contributed by atoms with Crippen LogP contribution < -0.4 is 11.1 Å². The number of nitrogens with zero attached hydrogens (tertiary/aromatic N) is 3. The average molecular weight is 529 g/mol. The summed E-state index contributed by atoms with van der Waals surface area (Å²) in [4.78, 5) is 45.8. The summed E-state index contributed by atoms with van der Waals surface area (Å²) in [5, 5.41) is 10.1. The largest absolute Gasteiger partial charge is 0.361 e. The lowest BCUT2D eigenvalue weighted by Crippen LogP contribution is -2.61. The molecule has 9 nitrogen and oxygen atoms in total. The van der Waals surface area contributed by atoms with Crippen LogP contribution in [0, 0.1) is 5.41 Å². The molecule has 3 amide bonds. The Balaban J connectivity index is 1.46. The van der Waals surface area contributed by atoms with E-state index < -0.39 is 22.9 Å². The first-order valence-corrected chi connectivity index (χ1v) is 13.5. The number of nitrogens with one attached hydrogen (secondary N) is 2. The Kier molecular flexibility index (Phi) is 7.03. The number of H-pyrrole nitrogens is 1. The molecule has 3 aromatic rings. The number of likely N-dealkylation sites (tertiary alicyclic amines) is 1. The van der Waals surface area contributed by atoms with Crippen LogP contribution in [-0.2, 0) is 27.2 Å². The van der Waals surface area contributed by atoms with E-state index in [-0.39, 0.29) is 18.4 Å². The molecule has 2 aliphatic heterocycles. The van der Waals surface area contributed by atoms with Crippen molar-refractivity contribution in [2.75, 3.05) is 19.6 Å². The fraction of sp³-hybridized carbons (Fsp3) is 0.400. The molecular formula is C30H36N6O3. The first kappa shape index (κ1) is 26.6. The van der Waals surface area contributed by atoms with Crippen molar-refractivity contribution in [1.29, 1.82) is 0 Å². The van der Waals surface area contributed by atoms with Gasteiger partial charge in [-0.05, 0) is 44.4 Å². The van der Waals surface area contributed by atoms with Gasteiger partial charge in [0, 0.05) is 49.6 Å². The van der Waals surface area contributed by atoms with E-state index in [1.165, 1.54) is 5.01 Å². The Morgan fingerprint density at radius 1 is 1.15 bits per heavy atom. The number of hydrogen-bond donors (Lipinski definition) is 3. The predicted octanol–water partition coefficient (Wildman–Crippen LogP) is 2.61. The smallest absolute Gasteiger partial charge is 0.256 e. The standard InChI is InChI=1S/C30H36N6O3/c1-4-36-28(39)30(17-20-10-6-5-7-11-20)19-35(15-14-25(30)34-36)26(37)24(33-27(38)29(2,3)31)16-21-18-32-23-13-9-8-12-22(21)23/h5-13,18,24,32H,4,14-17,19,31H2,1-3H3,(H,33,38)/t24-,30?/m1/s1. The third kappa shape index (κ3) is 5.06. The van der Waals surface area contributed by atoms with Crippen LogP contribution in [0.15, 0.2) is 65.9 Å². The van der Waals surface area contributed by atoms with Gasteiger partial charge in [0.25, 0.3) is 5.91 Å². The number of para-hydroxylation sites is 1. The summed E-state index contributed by atoms with van der Waals surface area (Å²) in [6.07, 6.45) is 3.13. The highest BCUT2D eigenvalue weighted by molar-refractivity contribution is 6.14. The Bertz CT molecular complexity index is 1420. The molecule has 0 saturated carbocycles. The minimum atomic E-state index is -1.15. The molecule has 0 bridgehead atoms. The fourth-order valence-corrected chi connectivity index (χ4v) is 5.62. The molecule has 4 N–H and O–H groups in total. The number of hydrazone groups is 1. The zero-order valence-corrected chi connectivity index (χ0v) is 22.7. The highest BCUT2D eigenvalue weighted by Crippen LogP contribution is 2.39. The SMILES string of the molecule is CCN1N=C2CCN(C(=O)[C@@H](Cc3c[nH]c4ccccc34)NC(=O)C(C)(C)N)CC2(Cc2ccccc2)C1=O. The maximum absolute atomic E-state index is 14.2. The van der Waals surface area contributed by atoms with Crippen molar-refractivity contribution in [2.24, 2.45) is 16.3 Å². The number of amides is 3. The van der Waals surface area contributed by atoms with E-state index in [0.29, 0.717) is 32.4 Å². The molecule has 1 saturated heterocycles. The van der Waals surface area contributed by atoms with Gasteiger partial charge in [0.05, 0.1) is 11.3 Å².